The Labute approximate surface area is 297 Å². The molecule has 0 radical (unpaired) electrons. The third kappa shape index (κ3) is 11.2. The second-order valence-corrected chi connectivity index (χ2v) is 13.0. The highest BCUT2D eigenvalue weighted by Gasteiger charge is 2.17. The Morgan fingerprint density at radius 3 is 0.978 bits per heavy atom. The summed E-state index contributed by atoms with van der Waals surface area (Å²) in [5, 5.41) is 0. The fraction of sp³-hybridized carbons (Fsp3) is 0.250. The highest BCUT2D eigenvalue weighted by molar-refractivity contribution is 6.04. The summed E-state index contributed by atoms with van der Waals surface area (Å²) in [6, 6.07) is 33.0. The molecule has 0 atom stereocenters. The zero-order valence-corrected chi connectivity index (χ0v) is 30.9. The van der Waals surface area contributed by atoms with E-state index in [9.17, 15) is 0 Å². The fourth-order valence-corrected chi connectivity index (χ4v) is 4.69. The molecule has 4 aromatic carbocycles. The first-order chi connectivity index (χ1) is 21.0. The van der Waals surface area contributed by atoms with E-state index in [0.717, 1.165) is 78.1 Å². The zero-order valence-electron chi connectivity index (χ0n) is 27.7. The van der Waals surface area contributed by atoms with E-state index < -0.39 is 0 Å². The highest BCUT2D eigenvalue weighted by Crippen LogP contribution is 2.38. The molecular weight excluding hydrogens is 700 g/mol. The van der Waals surface area contributed by atoms with Gasteiger partial charge in [-0.15, -0.1) is 12.8 Å². The Hall–Kier alpha value is -3.78. The molecule has 6 heteroatoms. The minimum Gasteiger partial charge on any atom is -1.00 e. The summed E-state index contributed by atoms with van der Waals surface area (Å²) in [6.07, 6.45) is 11.4. The number of benzene rings is 4. The Morgan fingerprint density at radius 2 is 0.739 bits per heavy atom. The van der Waals surface area contributed by atoms with Gasteiger partial charge in [-0.1, -0.05) is 60.4 Å². The number of ether oxygens (including phenoxy) is 2. The molecule has 0 saturated carbocycles. The van der Waals surface area contributed by atoms with E-state index in [1.165, 1.54) is 0 Å². The molecule has 4 aromatic rings. The van der Waals surface area contributed by atoms with Crippen molar-refractivity contribution in [3.8, 4) is 36.2 Å². The minimum absolute atomic E-state index is 0. The summed E-state index contributed by atoms with van der Waals surface area (Å²) in [5.74, 6) is 7.17. The van der Waals surface area contributed by atoms with Crippen LogP contribution in [0.5, 0.6) is 11.5 Å². The number of quaternary nitrogens is 2. The summed E-state index contributed by atoms with van der Waals surface area (Å²) in [5.41, 5.74) is 8.08. The van der Waals surface area contributed by atoms with Crippen molar-refractivity contribution >= 4 is 11.1 Å². The van der Waals surface area contributed by atoms with Crippen LogP contribution in [0, 0.1) is 24.7 Å². The first-order valence-electron chi connectivity index (χ1n) is 14.9. The molecule has 0 saturated heterocycles. The van der Waals surface area contributed by atoms with Crippen LogP contribution in [0.25, 0.3) is 11.1 Å². The smallest absolute Gasteiger partial charge is 0.137 e. The molecule has 0 fully saturated rings. The number of rotatable bonds is 12. The maximum Gasteiger partial charge on any atom is 0.137 e. The van der Waals surface area contributed by atoms with Crippen LogP contribution in [0.4, 0.5) is 0 Å². The Bertz CT molecular complexity index is 1520. The molecule has 0 N–H and O–H groups in total. The molecule has 0 aliphatic heterocycles. The van der Waals surface area contributed by atoms with Gasteiger partial charge in [-0.2, -0.15) is 0 Å². The average molecular weight is 745 g/mol. The lowest BCUT2D eigenvalue weighted by atomic mass is 9.85. The molecule has 46 heavy (non-hydrogen) atoms. The van der Waals surface area contributed by atoms with E-state index in [0.29, 0.717) is 13.2 Å². The van der Waals surface area contributed by atoms with E-state index in [1.54, 1.807) is 0 Å². The molecule has 0 aliphatic rings. The molecule has 4 nitrogen and oxygen atoms in total. The van der Waals surface area contributed by atoms with Crippen LogP contribution < -0.4 is 43.4 Å². The molecule has 0 aliphatic carbocycles. The minimum atomic E-state index is 0. The average Bonchev–Trinajstić information content (AvgIpc) is 3.00. The van der Waals surface area contributed by atoms with Gasteiger partial charge >= 0.3 is 0 Å². The summed E-state index contributed by atoms with van der Waals surface area (Å²) in [7, 11) is 13.0. The van der Waals surface area contributed by atoms with Crippen LogP contribution in [-0.4, -0.2) is 77.6 Å². The van der Waals surface area contributed by atoms with Crippen LogP contribution >= 0.6 is 0 Å². The second kappa shape index (κ2) is 17.2. The van der Waals surface area contributed by atoms with Crippen LogP contribution in [-0.2, 0) is 0 Å². The van der Waals surface area contributed by atoms with Crippen molar-refractivity contribution in [1.82, 2.24) is 0 Å². The predicted molar refractivity (Wildman–Crippen MR) is 183 cm³/mol. The molecular formula is C40H44Br2N2O2. The summed E-state index contributed by atoms with van der Waals surface area (Å²) in [6.45, 7) is 3.13. The van der Waals surface area contributed by atoms with Crippen LogP contribution in [0.2, 0.25) is 0 Å². The van der Waals surface area contributed by atoms with E-state index >= 15 is 0 Å². The van der Waals surface area contributed by atoms with E-state index in [1.807, 2.05) is 48.5 Å². The van der Waals surface area contributed by atoms with Crippen molar-refractivity contribution in [2.75, 3.05) is 68.6 Å². The number of likely N-dealkylation sites (N-methyl/N-ethyl adjacent to an activating group) is 2. The molecule has 240 valence electrons. The van der Waals surface area contributed by atoms with Crippen molar-refractivity contribution in [1.29, 1.82) is 0 Å². The maximum atomic E-state index is 6.09. The first-order valence-corrected chi connectivity index (χ1v) is 14.9. The lowest BCUT2D eigenvalue weighted by molar-refractivity contribution is -0.870. The van der Waals surface area contributed by atoms with Gasteiger partial charge in [-0.3, -0.25) is 0 Å². The van der Waals surface area contributed by atoms with Crippen molar-refractivity contribution in [3.05, 3.63) is 130 Å². The van der Waals surface area contributed by atoms with Crippen molar-refractivity contribution in [3.63, 3.8) is 0 Å². The topological polar surface area (TPSA) is 18.5 Å². The van der Waals surface area contributed by atoms with Gasteiger partial charge in [0.1, 0.15) is 37.8 Å². The third-order valence-electron chi connectivity index (χ3n) is 7.28. The van der Waals surface area contributed by atoms with Crippen molar-refractivity contribution in [2.45, 2.75) is 0 Å². The van der Waals surface area contributed by atoms with Gasteiger partial charge in [0.05, 0.1) is 42.3 Å². The zero-order chi connectivity index (χ0) is 31.7. The van der Waals surface area contributed by atoms with Crippen molar-refractivity contribution < 1.29 is 52.4 Å². The maximum absolute atomic E-state index is 6.09. The highest BCUT2D eigenvalue weighted by atomic mass is 79.9. The van der Waals surface area contributed by atoms with Gasteiger partial charge in [0.2, 0.25) is 0 Å². The normalized spacial score (nSPS) is 10.8. The third-order valence-corrected chi connectivity index (χ3v) is 7.28. The van der Waals surface area contributed by atoms with Gasteiger partial charge in [-0.05, 0) is 81.9 Å². The Balaban J connectivity index is 0.00000368. The van der Waals surface area contributed by atoms with Gasteiger partial charge < -0.3 is 52.4 Å². The number of terminal acetylenes is 2. The quantitative estimate of drug-likeness (QED) is 0.122. The fourth-order valence-electron chi connectivity index (χ4n) is 4.69. The largest absolute Gasteiger partial charge is 1.00 e. The van der Waals surface area contributed by atoms with E-state index in [2.05, 4.69) is 103 Å². The number of hydrogen-bond acceptors (Lipinski definition) is 2. The van der Waals surface area contributed by atoms with Gasteiger partial charge in [-0.25, -0.2) is 0 Å². The lowest BCUT2D eigenvalue weighted by Gasteiger charge is -2.24. The lowest BCUT2D eigenvalue weighted by Crippen LogP contribution is -3.00. The number of halogens is 2. The van der Waals surface area contributed by atoms with E-state index in [-0.39, 0.29) is 34.0 Å². The molecule has 0 heterocycles. The van der Waals surface area contributed by atoms with Crippen molar-refractivity contribution in [2.24, 2.45) is 0 Å². The van der Waals surface area contributed by atoms with Crippen LogP contribution in [0.15, 0.2) is 97.1 Å². The van der Waals surface area contributed by atoms with E-state index in [4.69, 9.17) is 22.3 Å². The SMILES string of the molecule is C#Cc1ccc(C(=C(c2ccc(OCC[N+](C)(C)C)cc2)c2ccc(OCC[N+](C)(C)C)cc2)c2ccc(C#C)cc2)cc1.[Br-].[Br-]. The molecule has 0 amide bonds. The Morgan fingerprint density at radius 1 is 0.478 bits per heavy atom. The summed E-state index contributed by atoms with van der Waals surface area (Å²) in [4.78, 5) is 0. The molecule has 4 rings (SSSR count). The van der Waals surface area contributed by atoms with Gasteiger partial charge in [0, 0.05) is 11.1 Å². The van der Waals surface area contributed by atoms with Crippen LogP contribution in [0.3, 0.4) is 0 Å². The second-order valence-electron chi connectivity index (χ2n) is 13.0. The number of nitrogens with zero attached hydrogens (tertiary/aromatic N) is 2. The number of hydrogen-bond donors (Lipinski definition) is 0. The molecule has 0 unspecified atom stereocenters. The summed E-state index contributed by atoms with van der Waals surface area (Å²) >= 11 is 0. The first kappa shape index (κ1) is 38.4. The van der Waals surface area contributed by atoms with Crippen LogP contribution in [0.1, 0.15) is 33.4 Å². The molecule has 0 spiro atoms. The Kier molecular flexibility index (Phi) is 14.4. The van der Waals surface area contributed by atoms with Gasteiger partial charge in [0.25, 0.3) is 0 Å². The molecule has 0 aromatic heterocycles. The molecule has 0 bridgehead atoms. The predicted octanol–water partition coefficient (Wildman–Crippen LogP) is 0.835. The summed E-state index contributed by atoms with van der Waals surface area (Å²) < 4.78 is 13.9. The monoisotopic (exact) mass is 742 g/mol. The van der Waals surface area contributed by atoms with Gasteiger partial charge in [0.15, 0.2) is 0 Å². The standard InChI is InChI=1S/C40H44N2O2.2BrH/c1-9-31-11-15-33(16-12-31)39(34-17-13-32(10-2)14-18-34)40(35-19-23-37(24-20-35)43-29-27-41(3,4)5)36-21-25-38(26-22-36)44-30-28-42(6,7)8;;/h1-2,11-26H,27-30H2,3-8H3;2*1H/q+2;;/p-2.